The van der Waals surface area contributed by atoms with Gasteiger partial charge >= 0.3 is 12.2 Å². The number of likely N-dealkylation sites (tertiary alicyclic amines) is 1. The highest BCUT2D eigenvalue weighted by Crippen LogP contribution is 2.41. The minimum absolute atomic E-state index is 0.0960. The molecule has 2 saturated heterocycles. The van der Waals surface area contributed by atoms with Crippen molar-refractivity contribution in [2.45, 2.75) is 77.5 Å². The number of aromatic amines is 1. The van der Waals surface area contributed by atoms with E-state index in [1.165, 1.54) is 14.2 Å². The average Bonchev–Trinajstić information content (AvgIpc) is 4.03. The molecule has 5 heterocycles. The number of aromatic nitrogens is 2. The summed E-state index contributed by atoms with van der Waals surface area (Å²) in [5, 5.41) is 5.41. The van der Waals surface area contributed by atoms with Crippen LogP contribution in [0, 0.1) is 11.8 Å². The van der Waals surface area contributed by atoms with E-state index < -0.39 is 24.3 Å². The third-order valence-corrected chi connectivity index (χ3v) is 12.0. The van der Waals surface area contributed by atoms with Crippen LogP contribution in [0.2, 0.25) is 0 Å². The summed E-state index contributed by atoms with van der Waals surface area (Å²) in [6.45, 7) is 8.23. The molecule has 15 heteroatoms. The summed E-state index contributed by atoms with van der Waals surface area (Å²) in [5.74, 6) is 2.99. The fraction of sp³-hybridized carbons (Fsp3) is 0.463. The molecule has 3 aromatic rings. The van der Waals surface area contributed by atoms with Crippen LogP contribution in [-0.2, 0) is 25.5 Å². The second-order valence-electron chi connectivity index (χ2n) is 15.3. The molecule has 1 aromatic heterocycles. The molecule has 3 N–H and O–H groups in total. The predicted molar refractivity (Wildman–Crippen MR) is 213 cm³/mol. The van der Waals surface area contributed by atoms with Crippen LogP contribution >= 0.6 is 11.8 Å². The monoisotopic (exact) mass is 783 g/mol. The van der Waals surface area contributed by atoms with Gasteiger partial charge in [0.25, 0.3) is 0 Å². The van der Waals surface area contributed by atoms with Gasteiger partial charge in [0.1, 0.15) is 29.4 Å². The smallest absolute Gasteiger partial charge is 0.407 e. The molecule has 56 heavy (non-hydrogen) atoms. The zero-order valence-electron chi connectivity index (χ0n) is 32.6. The van der Waals surface area contributed by atoms with Gasteiger partial charge in [-0.25, -0.2) is 14.6 Å². The molecule has 0 unspecified atom stereocenters. The summed E-state index contributed by atoms with van der Waals surface area (Å²) in [6, 6.07) is 10.6. The number of hydrogen-bond donors (Lipinski definition) is 3. The zero-order chi connectivity index (χ0) is 39.7. The van der Waals surface area contributed by atoms with Crippen molar-refractivity contribution in [3.63, 3.8) is 0 Å². The van der Waals surface area contributed by atoms with E-state index in [1.807, 2.05) is 50.9 Å². The number of carbonyl (C=O) groups is 4. The van der Waals surface area contributed by atoms with Gasteiger partial charge in [0.05, 0.1) is 44.1 Å². The van der Waals surface area contributed by atoms with Crippen molar-refractivity contribution in [3.8, 4) is 22.8 Å². The molecule has 0 saturated carbocycles. The van der Waals surface area contributed by atoms with Crippen LogP contribution in [0.5, 0.6) is 11.5 Å². The molecular formula is C41H49N7O7S. The Morgan fingerprint density at radius 3 is 2.25 bits per heavy atom. The van der Waals surface area contributed by atoms with E-state index in [-0.39, 0.29) is 35.7 Å². The lowest BCUT2D eigenvalue weighted by atomic mass is 9.93. The van der Waals surface area contributed by atoms with E-state index in [0.29, 0.717) is 36.8 Å². The van der Waals surface area contributed by atoms with E-state index in [2.05, 4.69) is 39.9 Å². The fourth-order valence-electron chi connectivity index (χ4n) is 7.80. The highest BCUT2D eigenvalue weighted by Gasteiger charge is 2.40. The molecule has 4 amide bonds. The van der Waals surface area contributed by atoms with Gasteiger partial charge in [-0.15, -0.1) is 11.8 Å². The molecule has 0 spiro atoms. The summed E-state index contributed by atoms with van der Waals surface area (Å²) >= 11 is 1.65. The Balaban J connectivity index is 1.00. The number of aliphatic imine (C=N–C) groups is 1. The number of methoxy groups -OCH3 is 2. The SMILES string of the molecule is COC(=O)N[C@H](C(=O)N1CCC[C@H]1C1=NC=C(c2ccc3c(c2)Oc2ccc(-c4cnc([C@@H]5CSCN5C(=O)[C@@H](NC(=O)OC)C(C)C)[nH]4)cc2C3)C1)C(C)C. The first-order chi connectivity index (χ1) is 26.9. The molecule has 14 nitrogen and oxygen atoms in total. The van der Waals surface area contributed by atoms with Crippen molar-refractivity contribution in [1.29, 1.82) is 0 Å². The third-order valence-electron chi connectivity index (χ3n) is 10.9. The maximum atomic E-state index is 13.6. The Hall–Kier alpha value is -5.31. The van der Waals surface area contributed by atoms with E-state index in [0.717, 1.165) is 63.6 Å². The lowest BCUT2D eigenvalue weighted by Gasteiger charge is -2.31. The number of benzene rings is 2. The molecule has 0 bridgehead atoms. The minimum atomic E-state index is -0.708. The number of hydrogen-bond acceptors (Lipinski definition) is 10. The number of fused-ring (bicyclic) bond motifs is 2. The molecule has 296 valence electrons. The van der Waals surface area contributed by atoms with Gasteiger partial charge in [-0.3, -0.25) is 14.6 Å². The quantitative estimate of drug-likeness (QED) is 0.168. The highest BCUT2D eigenvalue weighted by molar-refractivity contribution is 7.99. The van der Waals surface area contributed by atoms with Crippen molar-refractivity contribution in [3.05, 3.63) is 71.3 Å². The maximum Gasteiger partial charge on any atom is 0.407 e. The number of carbonyl (C=O) groups excluding carboxylic acids is 4. The van der Waals surface area contributed by atoms with Gasteiger partial charge in [-0.1, -0.05) is 39.8 Å². The minimum Gasteiger partial charge on any atom is -0.457 e. The first-order valence-corrected chi connectivity index (χ1v) is 20.2. The van der Waals surface area contributed by atoms with Crippen molar-refractivity contribution in [2.75, 3.05) is 32.4 Å². The Kier molecular flexibility index (Phi) is 11.4. The van der Waals surface area contributed by atoms with Crippen LogP contribution in [0.15, 0.2) is 53.8 Å². The Bertz CT molecular complexity index is 2080. The number of thioether (sulfide) groups is 1. The lowest BCUT2D eigenvalue weighted by Crippen LogP contribution is -2.53. The van der Waals surface area contributed by atoms with E-state index in [1.54, 1.807) is 22.9 Å². The van der Waals surface area contributed by atoms with Gasteiger partial charge in [0.15, 0.2) is 0 Å². The topological polar surface area (TPSA) is 168 Å². The molecular weight excluding hydrogens is 735 g/mol. The van der Waals surface area contributed by atoms with Crippen molar-refractivity contribution in [2.24, 2.45) is 16.8 Å². The number of amides is 4. The summed E-state index contributed by atoms with van der Waals surface area (Å²) in [4.78, 5) is 67.7. The lowest BCUT2D eigenvalue weighted by molar-refractivity contribution is -0.135. The number of nitrogens with one attached hydrogen (secondary N) is 3. The van der Waals surface area contributed by atoms with Crippen LogP contribution in [0.1, 0.15) is 75.5 Å². The number of imidazole rings is 1. The number of nitrogens with zero attached hydrogens (tertiary/aromatic N) is 4. The van der Waals surface area contributed by atoms with E-state index in [4.69, 9.17) is 24.2 Å². The fourth-order valence-corrected chi connectivity index (χ4v) is 8.97. The van der Waals surface area contributed by atoms with Gasteiger partial charge in [-0.2, -0.15) is 0 Å². The Labute approximate surface area is 330 Å². The normalized spacial score (nSPS) is 19.8. The number of H-pyrrole nitrogens is 1. The third kappa shape index (κ3) is 7.86. The van der Waals surface area contributed by atoms with Crippen LogP contribution in [0.3, 0.4) is 0 Å². The number of allylic oxidation sites excluding steroid dienone is 1. The highest BCUT2D eigenvalue weighted by atomic mass is 32.2. The molecule has 4 aliphatic rings. The van der Waals surface area contributed by atoms with Crippen molar-refractivity contribution >= 4 is 47.0 Å². The summed E-state index contributed by atoms with van der Waals surface area (Å²) in [5.41, 5.74) is 6.97. The Morgan fingerprint density at radius 2 is 1.55 bits per heavy atom. The number of alkyl carbamates (subject to hydrolysis) is 2. The van der Waals surface area contributed by atoms with Gasteiger partial charge in [0, 0.05) is 42.6 Å². The second kappa shape index (κ2) is 16.4. The van der Waals surface area contributed by atoms with E-state index in [9.17, 15) is 19.2 Å². The number of rotatable bonds is 10. The van der Waals surface area contributed by atoms with Gasteiger partial charge in [0.2, 0.25) is 11.8 Å². The summed E-state index contributed by atoms with van der Waals surface area (Å²) in [6.07, 6.45) is 5.47. The molecule has 4 atom stereocenters. The average molecular weight is 784 g/mol. The first-order valence-electron chi connectivity index (χ1n) is 19.1. The van der Waals surface area contributed by atoms with Crippen molar-refractivity contribution < 1.29 is 33.4 Å². The standard InChI is InChI=1S/C41H49N7O7S/c1-22(2)35(45-40(51)53-5)38(49)47-13-7-8-31(47)29-16-28(18-42-29)24-9-10-26-15-27-14-25(11-12-33(27)55-34(26)17-24)30-19-43-37(44-30)32-20-56-21-48(32)39(50)36(23(3)4)46-41(52)54-6/h9-12,14,17-19,22-23,31-32,35-36H,7-8,13,15-16,20-21H2,1-6H3,(H,43,44)(H,45,51)(H,46,52)/t31-,32-,35-,36-/m0/s1. The van der Waals surface area contributed by atoms with Crippen LogP contribution in [-0.4, -0.2) is 100.0 Å². The van der Waals surface area contributed by atoms with Crippen LogP contribution in [0.4, 0.5) is 9.59 Å². The molecule has 2 aromatic carbocycles. The molecule has 4 aliphatic heterocycles. The maximum absolute atomic E-state index is 13.6. The second-order valence-corrected chi connectivity index (χ2v) is 16.3. The van der Waals surface area contributed by atoms with Gasteiger partial charge in [-0.05, 0) is 71.2 Å². The van der Waals surface area contributed by atoms with Gasteiger partial charge < -0.3 is 39.6 Å². The molecule has 0 aliphatic carbocycles. The molecule has 2 fully saturated rings. The van der Waals surface area contributed by atoms with E-state index >= 15 is 0 Å². The van der Waals surface area contributed by atoms with Crippen LogP contribution < -0.4 is 15.4 Å². The largest absolute Gasteiger partial charge is 0.457 e. The summed E-state index contributed by atoms with van der Waals surface area (Å²) in [7, 11) is 2.58. The summed E-state index contributed by atoms with van der Waals surface area (Å²) < 4.78 is 16.0. The van der Waals surface area contributed by atoms with Crippen molar-refractivity contribution in [1.82, 2.24) is 30.4 Å². The Morgan fingerprint density at radius 1 is 0.857 bits per heavy atom. The molecule has 0 radical (unpaired) electrons. The molecule has 7 rings (SSSR count). The van der Waals surface area contributed by atoms with Crippen LogP contribution in [0.25, 0.3) is 16.8 Å². The number of ether oxygens (including phenoxy) is 3. The first kappa shape index (κ1) is 38.9. The predicted octanol–water partition coefficient (Wildman–Crippen LogP) is 6.29. The zero-order valence-corrected chi connectivity index (χ0v) is 33.4.